The van der Waals surface area contributed by atoms with Crippen molar-refractivity contribution >= 4 is 57.0 Å². The number of aliphatic hydroxyl groups is 1. The van der Waals surface area contributed by atoms with E-state index in [9.17, 15) is 14.7 Å². The smallest absolute Gasteiger partial charge is 1.00 e. The molecule has 0 radical (unpaired) electrons. The first-order valence-corrected chi connectivity index (χ1v) is 25.0. The molecule has 2 fully saturated rings. The van der Waals surface area contributed by atoms with Crippen LogP contribution in [0.3, 0.4) is 0 Å². The van der Waals surface area contributed by atoms with Crippen molar-refractivity contribution in [2.45, 2.75) is 126 Å². The molecule has 2 aliphatic rings. The van der Waals surface area contributed by atoms with Gasteiger partial charge in [0.1, 0.15) is 40.0 Å². The molecule has 0 spiro atoms. The first-order chi connectivity index (χ1) is 36.0. The second kappa shape index (κ2) is 24.8. The average Bonchev–Trinajstić information content (AvgIpc) is 4.43. The first kappa shape index (κ1) is 61.0. The van der Waals surface area contributed by atoms with Crippen molar-refractivity contribution in [2.75, 3.05) is 0 Å². The fraction of sp³-hybridized carbons (Fsp3) is 0.311. The summed E-state index contributed by atoms with van der Waals surface area (Å²) in [6.45, 7) is 16.7. The number of H-pyrrole nitrogens is 1. The number of nitrogens with zero attached hydrogens (tertiary/aromatic N) is 9. The van der Waals surface area contributed by atoms with Gasteiger partial charge >= 0.3 is 29.1 Å². The molecule has 2 aromatic carbocycles. The normalized spacial score (nSPS) is 13.4. The van der Waals surface area contributed by atoms with Crippen molar-refractivity contribution in [1.82, 2.24) is 49.8 Å². The number of nitrogens with one attached hydrogen (secondary N) is 1. The monoisotopic (exact) mass is 1140 g/mol. The standard InChI is InChI=1S/C27H25N5O2.C27H28N4O4.C5H4N.2CH4.BrH.Mg/c1-15-7-6-9-23(29-15)27(33,22-8-4-5-12-28-22)20-13-19(24-16(2)32-34-17(24)3)14-21-25(20)31-26(30-21)18-10-11-18;1-14-8-7-9-20(28-14)24(32)19-12-18(22-15(2)30-35-16(22)3)13-21-23(19)29-25(17-10-11-17)31(21)26(33)34-27(4,5)6;1-2-4-6-5-3-1;;;;/h4-9,12-14,18,33H,10-11H2,1-3H3,(H,30,31);7-9,12-13,17H,10-11H2,1-6H3;1-4H;2*1H4;1H;/q;;-1;;;;+2/p-1. The number of benzene rings is 2. The van der Waals surface area contributed by atoms with Gasteiger partial charge in [0.15, 0.2) is 5.60 Å². The maximum atomic E-state index is 13.7. The minimum absolute atomic E-state index is 0. The molecule has 18 heteroatoms. The maximum Gasteiger partial charge on any atom is 2.00 e. The maximum absolute atomic E-state index is 13.7. The van der Waals surface area contributed by atoms with Gasteiger partial charge in [-0.15, -0.1) is 0 Å². The van der Waals surface area contributed by atoms with E-state index in [-0.39, 0.29) is 66.6 Å². The Labute approximate surface area is 487 Å². The van der Waals surface area contributed by atoms with E-state index in [1.165, 1.54) is 4.57 Å². The molecule has 1 unspecified atom stereocenters. The Morgan fingerprint density at radius 3 is 1.85 bits per heavy atom. The van der Waals surface area contributed by atoms with Crippen molar-refractivity contribution in [1.29, 1.82) is 0 Å². The molecule has 16 nitrogen and oxygen atoms in total. The summed E-state index contributed by atoms with van der Waals surface area (Å²) in [7, 11) is 0. The molecule has 2 aliphatic carbocycles. The summed E-state index contributed by atoms with van der Waals surface area (Å²) in [5.41, 5.74) is 8.91. The van der Waals surface area contributed by atoms with Gasteiger partial charge < -0.3 is 45.8 Å². The van der Waals surface area contributed by atoms with Crippen LogP contribution < -0.4 is 17.0 Å². The number of hydrogen-bond acceptors (Lipinski definition) is 14. The van der Waals surface area contributed by atoms with E-state index in [0.29, 0.717) is 68.0 Å². The molecule has 0 bridgehead atoms. The molecule has 2 saturated carbocycles. The van der Waals surface area contributed by atoms with Crippen LogP contribution in [-0.2, 0) is 10.3 Å². The van der Waals surface area contributed by atoms with E-state index in [2.05, 4.69) is 42.5 Å². The van der Waals surface area contributed by atoms with Crippen LogP contribution in [0.15, 0.2) is 119 Å². The fourth-order valence-electron chi connectivity index (χ4n) is 9.34. The number of hydrogen-bond donors (Lipinski definition) is 2. The van der Waals surface area contributed by atoms with Crippen LogP contribution >= 0.6 is 0 Å². The van der Waals surface area contributed by atoms with Gasteiger partial charge in [-0.1, -0.05) is 55.8 Å². The minimum atomic E-state index is -1.61. The molecular weight excluding hydrogens is 1070 g/mol. The van der Waals surface area contributed by atoms with Gasteiger partial charge in [0.25, 0.3) is 0 Å². The number of aromatic nitrogens is 10. The fourth-order valence-corrected chi connectivity index (χ4v) is 9.34. The largest absolute Gasteiger partial charge is 2.00 e. The number of imidazole rings is 2. The van der Waals surface area contributed by atoms with Crippen LogP contribution in [0.1, 0.15) is 152 Å². The molecular formula is C61H65BrMgN10O6. The Morgan fingerprint density at radius 1 is 0.709 bits per heavy atom. The zero-order valence-corrected chi connectivity index (χ0v) is 47.5. The molecule has 0 saturated heterocycles. The molecule has 0 amide bonds. The predicted octanol–water partition coefficient (Wildman–Crippen LogP) is 9.78. The van der Waals surface area contributed by atoms with Gasteiger partial charge in [0, 0.05) is 46.1 Å². The quantitative estimate of drug-likeness (QED) is 0.0782. The van der Waals surface area contributed by atoms with E-state index in [1.807, 2.05) is 129 Å². The van der Waals surface area contributed by atoms with Crippen LogP contribution in [0.4, 0.5) is 4.79 Å². The number of carbonyl (C=O) groups excluding carboxylic acids is 2. The molecule has 1 atom stereocenters. The second-order valence-corrected chi connectivity index (χ2v) is 20.2. The number of fused-ring (bicyclic) bond motifs is 2. The Hall–Kier alpha value is -7.25. The van der Waals surface area contributed by atoms with Gasteiger partial charge in [0.05, 0.1) is 44.9 Å². The number of rotatable bonds is 9. The van der Waals surface area contributed by atoms with Gasteiger partial charge in [-0.2, -0.15) is 18.2 Å². The van der Waals surface area contributed by atoms with Gasteiger partial charge in [-0.25, -0.2) is 24.3 Å². The van der Waals surface area contributed by atoms with Crippen molar-refractivity contribution in [3.05, 3.63) is 190 Å². The van der Waals surface area contributed by atoms with Crippen LogP contribution in [0, 0.1) is 47.7 Å². The van der Waals surface area contributed by atoms with E-state index < -0.39 is 17.3 Å². The zero-order chi connectivity index (χ0) is 52.8. The topological polar surface area (TPSA) is 214 Å². The summed E-state index contributed by atoms with van der Waals surface area (Å²) >= 11 is 0. The molecule has 79 heavy (non-hydrogen) atoms. The summed E-state index contributed by atoms with van der Waals surface area (Å²) < 4.78 is 18.1. The van der Waals surface area contributed by atoms with Crippen LogP contribution in [0.2, 0.25) is 0 Å². The number of ether oxygens (including phenoxy) is 1. The third-order valence-corrected chi connectivity index (χ3v) is 13.1. The van der Waals surface area contributed by atoms with Crippen molar-refractivity contribution in [3.8, 4) is 22.3 Å². The van der Waals surface area contributed by atoms with Crippen LogP contribution in [0.25, 0.3) is 44.3 Å². The van der Waals surface area contributed by atoms with Gasteiger partial charge in [0.2, 0.25) is 5.78 Å². The number of pyridine rings is 4. The Balaban J connectivity index is 0.000000220. The molecule has 8 aromatic heterocycles. The molecule has 404 valence electrons. The number of ketones is 1. The molecule has 2 N–H and O–H groups in total. The molecule has 10 aromatic rings. The SMILES string of the molecule is C.C.Cc1cccc(C(=O)c2cc(-c3c(C)noc3C)cc3c2nc(C2CC2)n3C(=O)OC(C)(C)C)n1.Cc1cccc(C(O)(c2ccccn2)c2cc(-c3c(C)noc3C)cc3[nH]c(C4CC4)nc23)n1.[Br-].[Mg+2].[c-]1ccccn1. The Morgan fingerprint density at radius 2 is 1.33 bits per heavy atom. The molecule has 8 heterocycles. The number of halogens is 1. The van der Waals surface area contributed by atoms with E-state index in [0.717, 1.165) is 82.1 Å². The summed E-state index contributed by atoms with van der Waals surface area (Å²) in [4.78, 5) is 57.8. The third kappa shape index (κ3) is 12.8. The Kier molecular flexibility index (Phi) is 19.2. The number of aromatic amines is 1. The van der Waals surface area contributed by atoms with Crippen molar-refractivity contribution in [3.63, 3.8) is 0 Å². The predicted molar refractivity (Wildman–Crippen MR) is 301 cm³/mol. The summed E-state index contributed by atoms with van der Waals surface area (Å²) in [5, 5.41) is 20.8. The van der Waals surface area contributed by atoms with Gasteiger partial charge in [-0.05, 0) is 160 Å². The van der Waals surface area contributed by atoms with Gasteiger partial charge in [-0.3, -0.25) is 14.8 Å². The zero-order valence-electron chi connectivity index (χ0n) is 44.5. The summed E-state index contributed by atoms with van der Waals surface area (Å²) in [6, 6.07) is 29.7. The third-order valence-electron chi connectivity index (χ3n) is 13.1. The number of carbonyl (C=O) groups is 2. The van der Waals surface area contributed by atoms with Crippen LogP contribution in [-0.4, -0.2) is 95.4 Å². The minimum Gasteiger partial charge on any atom is -1.00 e. The van der Waals surface area contributed by atoms with Crippen molar-refractivity contribution < 1.29 is 45.5 Å². The summed E-state index contributed by atoms with van der Waals surface area (Å²) in [6.07, 6.45) is 9.63. The van der Waals surface area contributed by atoms with Crippen LogP contribution in [0.5, 0.6) is 0 Å². The van der Waals surface area contributed by atoms with E-state index in [4.69, 9.17) is 28.7 Å². The van der Waals surface area contributed by atoms with E-state index in [1.54, 1.807) is 36.7 Å². The summed E-state index contributed by atoms with van der Waals surface area (Å²) in [5.74, 6) is 3.24. The second-order valence-electron chi connectivity index (χ2n) is 20.2. The number of aryl methyl sites for hydroxylation is 6. The van der Waals surface area contributed by atoms with Crippen molar-refractivity contribution in [2.24, 2.45) is 0 Å². The average molecular weight is 1140 g/mol. The molecule has 12 rings (SSSR count). The Bertz CT molecular complexity index is 3680. The van der Waals surface area contributed by atoms with E-state index >= 15 is 0 Å². The first-order valence-electron chi connectivity index (χ1n) is 25.0. The molecule has 0 aliphatic heterocycles.